The molecule has 1 saturated carbocycles. The van der Waals surface area contributed by atoms with Gasteiger partial charge >= 0.3 is 5.97 Å². The third-order valence-electron chi connectivity index (χ3n) is 4.80. The monoisotopic (exact) mass is 384 g/mol. The maximum absolute atomic E-state index is 14.6. The highest BCUT2D eigenvalue weighted by Gasteiger charge is 2.24. The molecule has 1 aromatic carbocycles. The average molecular weight is 384 g/mol. The predicted octanol–water partition coefficient (Wildman–Crippen LogP) is 4.77. The summed E-state index contributed by atoms with van der Waals surface area (Å²) in [6.45, 7) is 7.03. The highest BCUT2D eigenvalue weighted by molar-refractivity contribution is 5.90. The van der Waals surface area contributed by atoms with Gasteiger partial charge in [0.1, 0.15) is 17.2 Å². The van der Waals surface area contributed by atoms with E-state index in [2.05, 4.69) is 4.98 Å². The lowest BCUT2D eigenvalue weighted by Crippen LogP contribution is -2.24. The van der Waals surface area contributed by atoms with Crippen molar-refractivity contribution in [3.63, 3.8) is 0 Å². The molecule has 1 aliphatic rings. The van der Waals surface area contributed by atoms with Crippen LogP contribution in [0.15, 0.2) is 24.4 Å². The number of aromatic nitrogens is 2. The van der Waals surface area contributed by atoms with Gasteiger partial charge < -0.3 is 4.74 Å². The minimum absolute atomic E-state index is 0.105. The highest BCUT2D eigenvalue weighted by Crippen LogP contribution is 2.32. The first-order chi connectivity index (χ1) is 13.1. The lowest BCUT2D eigenvalue weighted by molar-refractivity contribution is -0.120. The normalized spacial score (nSPS) is 15.5. The number of benzene rings is 1. The number of hydrogen-bond acceptors (Lipinski definition) is 5. The molecule has 2 aromatic rings. The number of esters is 1. The summed E-state index contributed by atoms with van der Waals surface area (Å²) in [5, 5.41) is 0. The van der Waals surface area contributed by atoms with Crippen molar-refractivity contribution >= 4 is 11.8 Å². The molecule has 3 rings (SSSR count). The zero-order valence-corrected chi connectivity index (χ0v) is 16.7. The van der Waals surface area contributed by atoms with Gasteiger partial charge in [0.25, 0.3) is 0 Å². The van der Waals surface area contributed by atoms with Crippen LogP contribution in [0.4, 0.5) is 4.39 Å². The predicted molar refractivity (Wildman–Crippen MR) is 104 cm³/mol. The van der Waals surface area contributed by atoms with E-state index in [4.69, 9.17) is 9.72 Å². The summed E-state index contributed by atoms with van der Waals surface area (Å²) in [6.07, 6.45) is 4.40. The van der Waals surface area contributed by atoms with Gasteiger partial charge in [-0.25, -0.2) is 14.2 Å². The Labute approximate surface area is 164 Å². The van der Waals surface area contributed by atoms with E-state index in [1.54, 1.807) is 33.0 Å². The second-order valence-electron chi connectivity index (χ2n) is 8.24. The molecule has 0 saturated heterocycles. The molecule has 6 heteroatoms. The van der Waals surface area contributed by atoms with Crippen LogP contribution in [0.2, 0.25) is 0 Å². The van der Waals surface area contributed by atoms with Gasteiger partial charge in [-0.1, -0.05) is 6.07 Å². The molecule has 0 aliphatic heterocycles. The zero-order valence-electron chi connectivity index (χ0n) is 16.7. The molecule has 0 spiro atoms. The van der Waals surface area contributed by atoms with Crippen molar-refractivity contribution in [3.8, 4) is 11.3 Å². The smallest absolute Gasteiger partial charge is 0.341 e. The third-order valence-corrected chi connectivity index (χ3v) is 4.80. The van der Waals surface area contributed by atoms with E-state index < -0.39 is 17.4 Å². The van der Waals surface area contributed by atoms with Crippen LogP contribution in [-0.2, 0) is 9.53 Å². The molecule has 0 N–H and O–H groups in total. The Bertz CT molecular complexity index is 908. The number of rotatable bonds is 3. The Morgan fingerprint density at radius 2 is 1.89 bits per heavy atom. The van der Waals surface area contributed by atoms with Crippen LogP contribution in [0.5, 0.6) is 0 Å². The van der Waals surface area contributed by atoms with Crippen LogP contribution >= 0.6 is 0 Å². The fourth-order valence-corrected chi connectivity index (χ4v) is 3.33. The van der Waals surface area contributed by atoms with Gasteiger partial charge in [0.15, 0.2) is 0 Å². The molecular formula is C22H25FN2O3. The molecule has 0 atom stereocenters. The Morgan fingerprint density at radius 1 is 1.21 bits per heavy atom. The first-order valence-electron chi connectivity index (χ1n) is 9.52. The van der Waals surface area contributed by atoms with Crippen molar-refractivity contribution in [1.29, 1.82) is 0 Å². The van der Waals surface area contributed by atoms with Crippen LogP contribution in [0, 0.1) is 12.7 Å². The largest absolute Gasteiger partial charge is 0.456 e. The molecule has 1 aromatic heterocycles. The van der Waals surface area contributed by atoms with Gasteiger partial charge in [-0.15, -0.1) is 0 Å². The number of Topliss-reactive ketones (excluding diaryl/α,β-unsaturated/α-hetero) is 1. The molecule has 1 heterocycles. The topological polar surface area (TPSA) is 69.2 Å². The van der Waals surface area contributed by atoms with Crippen molar-refractivity contribution < 1.29 is 18.7 Å². The molecule has 0 unspecified atom stereocenters. The van der Waals surface area contributed by atoms with E-state index >= 15 is 0 Å². The van der Waals surface area contributed by atoms with Crippen molar-refractivity contribution in [2.24, 2.45) is 0 Å². The van der Waals surface area contributed by atoms with E-state index in [0.29, 0.717) is 29.8 Å². The Morgan fingerprint density at radius 3 is 2.50 bits per heavy atom. The summed E-state index contributed by atoms with van der Waals surface area (Å²) in [5.74, 6) is -0.867. The molecule has 1 fully saturated rings. The highest BCUT2D eigenvalue weighted by atomic mass is 19.1. The van der Waals surface area contributed by atoms with Gasteiger partial charge in [0.05, 0.1) is 22.6 Å². The van der Waals surface area contributed by atoms with Crippen LogP contribution in [-0.4, -0.2) is 27.3 Å². The Kier molecular flexibility index (Phi) is 5.59. The van der Waals surface area contributed by atoms with Gasteiger partial charge in [0, 0.05) is 30.5 Å². The first-order valence-corrected chi connectivity index (χ1v) is 9.52. The maximum Gasteiger partial charge on any atom is 0.341 e. The van der Waals surface area contributed by atoms with Crippen molar-refractivity contribution in [2.75, 3.05) is 0 Å². The Balaban J connectivity index is 1.89. The van der Waals surface area contributed by atoms with Crippen molar-refractivity contribution in [2.45, 2.75) is 64.9 Å². The summed E-state index contributed by atoms with van der Waals surface area (Å²) in [5.41, 5.74) is 1.85. The lowest BCUT2D eigenvalue weighted by atomic mass is 9.86. The quantitative estimate of drug-likeness (QED) is 0.713. The standard InChI is InChI=1S/C22H25FN2O3/c1-13-20(25-19(12-24-13)14-5-8-16(26)9-6-14)15-7-10-17(18(23)11-15)21(27)28-22(2,3)4/h7,10-12,14H,5-6,8-9H2,1-4H3. The summed E-state index contributed by atoms with van der Waals surface area (Å²) in [4.78, 5) is 32.8. The third kappa shape index (κ3) is 4.61. The summed E-state index contributed by atoms with van der Waals surface area (Å²) >= 11 is 0. The Hall–Kier alpha value is -2.63. The van der Waals surface area contributed by atoms with Gasteiger partial charge in [-0.05, 0) is 52.7 Å². The summed E-state index contributed by atoms with van der Waals surface area (Å²) in [6, 6.07) is 4.38. The SMILES string of the molecule is Cc1ncc(C2CCC(=O)CC2)nc1-c1ccc(C(=O)OC(C)(C)C)c(F)c1. The van der Waals surface area contributed by atoms with Crippen LogP contribution in [0.1, 0.15) is 74.1 Å². The number of ether oxygens (including phenoxy) is 1. The van der Waals surface area contributed by atoms with Crippen LogP contribution in [0.25, 0.3) is 11.3 Å². The van der Waals surface area contributed by atoms with E-state index in [-0.39, 0.29) is 17.3 Å². The van der Waals surface area contributed by atoms with Gasteiger partial charge in [0.2, 0.25) is 0 Å². The molecule has 5 nitrogen and oxygen atoms in total. The molecule has 1 aliphatic carbocycles. The number of carbonyl (C=O) groups is 2. The molecule has 0 bridgehead atoms. The minimum Gasteiger partial charge on any atom is -0.456 e. The average Bonchev–Trinajstić information content (AvgIpc) is 2.61. The van der Waals surface area contributed by atoms with E-state index in [1.807, 2.05) is 6.92 Å². The molecule has 0 radical (unpaired) electrons. The maximum atomic E-state index is 14.6. The number of aryl methyl sites for hydroxylation is 1. The number of halogens is 1. The first kappa shape index (κ1) is 20.1. The second-order valence-corrected chi connectivity index (χ2v) is 8.24. The van der Waals surface area contributed by atoms with Crippen LogP contribution in [0.3, 0.4) is 0 Å². The van der Waals surface area contributed by atoms with Gasteiger partial charge in [-0.2, -0.15) is 0 Å². The van der Waals surface area contributed by atoms with Gasteiger partial charge in [-0.3, -0.25) is 9.78 Å². The minimum atomic E-state index is -0.694. The number of nitrogens with zero attached hydrogens (tertiary/aromatic N) is 2. The van der Waals surface area contributed by atoms with E-state index in [1.165, 1.54) is 12.1 Å². The van der Waals surface area contributed by atoms with Crippen molar-refractivity contribution in [1.82, 2.24) is 9.97 Å². The lowest BCUT2D eigenvalue weighted by Gasteiger charge is -2.21. The van der Waals surface area contributed by atoms with E-state index in [0.717, 1.165) is 18.5 Å². The fourth-order valence-electron chi connectivity index (χ4n) is 3.33. The number of ketones is 1. The fraction of sp³-hybridized carbons (Fsp3) is 0.455. The molecule has 148 valence electrons. The van der Waals surface area contributed by atoms with Crippen molar-refractivity contribution in [3.05, 3.63) is 47.2 Å². The van der Waals surface area contributed by atoms with Crippen LogP contribution < -0.4 is 0 Å². The summed E-state index contributed by atoms with van der Waals surface area (Å²) < 4.78 is 19.9. The number of hydrogen-bond donors (Lipinski definition) is 0. The number of carbonyl (C=O) groups excluding carboxylic acids is 2. The zero-order chi connectivity index (χ0) is 20.5. The second kappa shape index (κ2) is 7.78. The molecular weight excluding hydrogens is 359 g/mol. The summed E-state index contributed by atoms with van der Waals surface area (Å²) in [7, 11) is 0. The molecule has 0 amide bonds. The molecule has 28 heavy (non-hydrogen) atoms. The van der Waals surface area contributed by atoms with E-state index in [9.17, 15) is 14.0 Å².